The van der Waals surface area contributed by atoms with Crippen LogP contribution in [0.2, 0.25) is 0 Å². The second-order valence-corrected chi connectivity index (χ2v) is 9.04. The van der Waals surface area contributed by atoms with Crippen molar-refractivity contribution in [2.75, 3.05) is 20.2 Å². The van der Waals surface area contributed by atoms with Crippen LogP contribution in [-0.4, -0.2) is 46.7 Å². The number of ether oxygens (including phenoxy) is 1. The molecule has 0 saturated carbocycles. The lowest BCUT2D eigenvalue weighted by molar-refractivity contribution is 0.381. The van der Waals surface area contributed by atoms with Gasteiger partial charge in [0, 0.05) is 30.4 Å². The summed E-state index contributed by atoms with van der Waals surface area (Å²) in [6, 6.07) is 27.7. The average molecular weight is 508 g/mol. The third-order valence-electron chi connectivity index (χ3n) is 5.89. The van der Waals surface area contributed by atoms with Gasteiger partial charge in [-0.1, -0.05) is 61.5 Å². The van der Waals surface area contributed by atoms with Crippen LogP contribution in [0.25, 0.3) is 38.9 Å². The smallest absolute Gasteiger partial charge is 0.394 e. The van der Waals surface area contributed by atoms with Crippen LogP contribution in [0.1, 0.15) is 6.92 Å². The summed E-state index contributed by atoms with van der Waals surface area (Å²) in [7, 11) is -2.96. The molecule has 3 aromatic carbocycles. The van der Waals surface area contributed by atoms with Crippen LogP contribution < -0.4 is 10.1 Å². The zero-order valence-corrected chi connectivity index (χ0v) is 20.9. The van der Waals surface area contributed by atoms with E-state index < -0.39 is 10.4 Å². The Labute approximate surface area is 210 Å². The lowest BCUT2D eigenvalue weighted by Crippen LogP contribution is -2.19. The predicted octanol–water partition coefficient (Wildman–Crippen LogP) is 5.19. The van der Waals surface area contributed by atoms with E-state index in [4.69, 9.17) is 22.3 Å². The van der Waals surface area contributed by atoms with Gasteiger partial charge in [-0.2, -0.15) is 8.42 Å². The highest BCUT2D eigenvalue weighted by molar-refractivity contribution is 7.79. The molecule has 0 spiro atoms. The minimum Gasteiger partial charge on any atom is -0.497 e. The monoisotopic (exact) mass is 507 g/mol. The van der Waals surface area contributed by atoms with E-state index in [-0.39, 0.29) is 0 Å². The van der Waals surface area contributed by atoms with Crippen LogP contribution in [0.5, 0.6) is 5.75 Å². The third kappa shape index (κ3) is 5.60. The van der Waals surface area contributed by atoms with Crippen LogP contribution in [-0.2, 0) is 16.9 Å². The first kappa shape index (κ1) is 25.5. The summed E-state index contributed by atoms with van der Waals surface area (Å²) in [6.07, 6.45) is 2.28. The number of rotatable bonds is 7. The van der Waals surface area contributed by atoms with E-state index in [1.54, 1.807) is 7.11 Å². The fourth-order valence-corrected chi connectivity index (χ4v) is 4.43. The molecule has 0 radical (unpaired) electrons. The normalized spacial score (nSPS) is 11.4. The van der Waals surface area contributed by atoms with E-state index in [0.717, 1.165) is 25.4 Å². The largest absolute Gasteiger partial charge is 0.497 e. The maximum absolute atomic E-state index is 8.74. The molecule has 0 aliphatic carbocycles. The number of methoxy groups -OCH3 is 1. The van der Waals surface area contributed by atoms with Crippen molar-refractivity contribution in [1.29, 1.82) is 0 Å². The summed E-state index contributed by atoms with van der Waals surface area (Å²) in [5, 5.41) is 3.48. The number of aromatic nitrogens is 2. The highest BCUT2D eigenvalue weighted by atomic mass is 32.3. The van der Waals surface area contributed by atoms with Gasteiger partial charge in [0.05, 0.1) is 18.1 Å². The highest BCUT2D eigenvalue weighted by Gasteiger charge is 2.21. The summed E-state index contributed by atoms with van der Waals surface area (Å²) in [5.74, 6) is 0.870. The van der Waals surface area contributed by atoms with Gasteiger partial charge in [-0.15, -0.1) is 0 Å². The van der Waals surface area contributed by atoms with Gasteiger partial charge in [0.15, 0.2) is 0 Å². The third-order valence-corrected chi connectivity index (χ3v) is 5.89. The van der Waals surface area contributed by atoms with Crippen molar-refractivity contribution in [1.82, 2.24) is 14.3 Å². The average Bonchev–Trinajstić information content (AvgIpc) is 3.39. The molecule has 0 unspecified atom stereocenters. The zero-order valence-electron chi connectivity index (χ0n) is 20.1. The number of fused-ring (bicyclic) bond motifs is 3. The summed E-state index contributed by atoms with van der Waals surface area (Å²) in [4.78, 5) is 0. The number of nitrogens with one attached hydrogen (secondary N) is 1. The molecule has 9 heteroatoms. The lowest BCUT2D eigenvalue weighted by Gasteiger charge is -2.11. The van der Waals surface area contributed by atoms with Crippen LogP contribution >= 0.6 is 0 Å². The Morgan fingerprint density at radius 2 is 1.47 bits per heavy atom. The van der Waals surface area contributed by atoms with Gasteiger partial charge in [0.25, 0.3) is 0 Å². The lowest BCUT2D eigenvalue weighted by atomic mass is 9.98. The molecule has 0 aliphatic rings. The van der Waals surface area contributed by atoms with Gasteiger partial charge in [-0.3, -0.25) is 13.5 Å². The number of para-hydroxylation sites is 2. The number of benzene rings is 3. The van der Waals surface area contributed by atoms with Crippen molar-refractivity contribution >= 4 is 27.1 Å². The highest BCUT2D eigenvalue weighted by Crippen LogP contribution is 2.40. The summed E-state index contributed by atoms with van der Waals surface area (Å²) in [5.41, 5.74) is 8.62. The Hall–Kier alpha value is -3.63. The van der Waals surface area contributed by atoms with Gasteiger partial charge < -0.3 is 14.6 Å². The molecule has 0 bridgehead atoms. The molecule has 2 aromatic heterocycles. The number of hydrogen-bond donors (Lipinski definition) is 3. The second kappa shape index (κ2) is 11.0. The topological polar surface area (TPSA) is 105 Å². The van der Waals surface area contributed by atoms with Crippen LogP contribution in [0.15, 0.2) is 85.1 Å². The molecule has 0 aliphatic heterocycles. The fourth-order valence-electron chi connectivity index (χ4n) is 4.43. The van der Waals surface area contributed by atoms with Crippen molar-refractivity contribution in [2.24, 2.45) is 0 Å². The van der Waals surface area contributed by atoms with Crippen LogP contribution in [0.3, 0.4) is 0 Å². The first-order valence-electron chi connectivity index (χ1n) is 11.5. The van der Waals surface area contributed by atoms with E-state index in [1.807, 2.05) is 12.1 Å². The van der Waals surface area contributed by atoms with E-state index in [2.05, 4.69) is 94.1 Å². The van der Waals surface area contributed by atoms with Gasteiger partial charge >= 0.3 is 10.4 Å². The molecule has 8 nitrogen and oxygen atoms in total. The van der Waals surface area contributed by atoms with Crippen molar-refractivity contribution in [3.05, 3.63) is 85.1 Å². The number of imidazole rings is 1. The Kier molecular flexibility index (Phi) is 7.76. The number of nitrogens with zero attached hydrogens (tertiary/aromatic N) is 2. The molecule has 3 N–H and O–H groups in total. The van der Waals surface area contributed by atoms with Gasteiger partial charge in [0.2, 0.25) is 0 Å². The number of hydrogen-bond acceptors (Lipinski definition) is 4. The van der Waals surface area contributed by atoms with Gasteiger partial charge in [0.1, 0.15) is 11.4 Å². The second-order valence-electron chi connectivity index (χ2n) is 8.15. The molecular formula is C27H29N3O5S. The minimum absolute atomic E-state index is 0.870. The minimum atomic E-state index is -4.67. The molecular weight excluding hydrogens is 478 g/mol. The van der Waals surface area contributed by atoms with E-state index >= 15 is 0 Å². The van der Waals surface area contributed by atoms with Crippen LogP contribution in [0.4, 0.5) is 0 Å². The molecule has 36 heavy (non-hydrogen) atoms. The molecule has 188 valence electrons. The molecule has 0 fully saturated rings. The zero-order chi connectivity index (χ0) is 25.7. The standard InChI is InChI=1S/C27H27N3O.H2O4S/c1-3-28-17-18-29-24-11-7-8-12-25(24)30-19-23(20-13-15-22(31-2)16-14-20)26(27(29)30)21-9-5-4-6-10-21;1-5(2,3)4/h4-16,19,28H,3,17-18H2,1-2H3;(H2,1,2,3,4). The molecule has 5 rings (SSSR count). The van der Waals surface area contributed by atoms with Crippen molar-refractivity contribution in [3.63, 3.8) is 0 Å². The summed E-state index contributed by atoms with van der Waals surface area (Å²) >= 11 is 0. The first-order valence-corrected chi connectivity index (χ1v) is 12.9. The van der Waals surface area contributed by atoms with Crippen molar-refractivity contribution < 1.29 is 22.3 Å². The molecule has 0 atom stereocenters. The maximum Gasteiger partial charge on any atom is 0.394 e. The summed E-state index contributed by atoms with van der Waals surface area (Å²) in [6.45, 7) is 4.97. The molecule has 0 saturated heterocycles. The molecule has 5 aromatic rings. The van der Waals surface area contributed by atoms with E-state index in [1.165, 1.54) is 38.9 Å². The van der Waals surface area contributed by atoms with Gasteiger partial charge in [-0.05, 0) is 41.9 Å². The Morgan fingerprint density at radius 3 is 2.08 bits per heavy atom. The Balaban J connectivity index is 0.000000556. The SMILES string of the molecule is CCNCCn1c2ccccc2n2cc(-c3ccc(OC)cc3)c(-c3ccccc3)c12.O=S(=O)(O)O. The van der Waals surface area contributed by atoms with Crippen molar-refractivity contribution in [3.8, 4) is 28.0 Å². The first-order chi connectivity index (χ1) is 17.3. The van der Waals surface area contributed by atoms with E-state index in [0.29, 0.717) is 0 Å². The van der Waals surface area contributed by atoms with Crippen LogP contribution in [0, 0.1) is 0 Å². The molecule has 2 heterocycles. The van der Waals surface area contributed by atoms with E-state index in [9.17, 15) is 0 Å². The molecule has 0 amide bonds. The maximum atomic E-state index is 8.74. The fraction of sp³-hybridized carbons (Fsp3) is 0.185. The Bertz CT molecular complexity index is 1550. The quantitative estimate of drug-likeness (QED) is 0.207. The number of likely N-dealkylation sites (N-methyl/N-ethyl adjacent to an activating group) is 1. The summed E-state index contributed by atoms with van der Waals surface area (Å²) < 4.78 is 41.8. The van der Waals surface area contributed by atoms with Gasteiger partial charge in [-0.25, -0.2) is 0 Å². The predicted molar refractivity (Wildman–Crippen MR) is 143 cm³/mol. The van der Waals surface area contributed by atoms with Crippen molar-refractivity contribution in [2.45, 2.75) is 13.5 Å². The Morgan fingerprint density at radius 1 is 0.861 bits per heavy atom.